The summed E-state index contributed by atoms with van der Waals surface area (Å²) >= 11 is 1.59. The lowest BCUT2D eigenvalue weighted by molar-refractivity contribution is 0.122. The number of aromatic nitrogens is 1. The summed E-state index contributed by atoms with van der Waals surface area (Å²) in [5, 5.41) is 7.77. The Morgan fingerprint density at radius 1 is 1.03 bits per heavy atom. The van der Waals surface area contributed by atoms with E-state index in [9.17, 15) is 9.18 Å². The first-order valence-corrected chi connectivity index (χ1v) is 13.5. The van der Waals surface area contributed by atoms with E-state index in [-0.39, 0.29) is 11.8 Å². The smallest absolute Gasteiger partial charge is 0.314 e. The molecular formula is C27H34FN5O2S. The second-order valence-electron chi connectivity index (χ2n) is 8.64. The Morgan fingerprint density at radius 3 is 2.50 bits per heavy atom. The molecule has 0 saturated carbocycles. The van der Waals surface area contributed by atoms with Crippen molar-refractivity contribution in [1.29, 1.82) is 0 Å². The average Bonchev–Trinajstić information content (AvgIpc) is 3.30. The fourth-order valence-corrected chi connectivity index (χ4v) is 5.11. The molecule has 2 amide bonds. The minimum atomic E-state index is -0.268. The predicted molar refractivity (Wildman–Crippen MR) is 143 cm³/mol. The molecule has 3 aromatic rings. The van der Waals surface area contributed by atoms with Crippen LogP contribution in [0.25, 0.3) is 11.3 Å². The zero-order valence-electron chi connectivity index (χ0n) is 20.7. The number of ether oxygens (including phenoxy) is 1. The largest absolute Gasteiger partial charge is 0.378 e. The molecule has 1 aromatic heterocycles. The second kappa shape index (κ2) is 13.2. The van der Waals surface area contributed by atoms with Gasteiger partial charge in [-0.1, -0.05) is 12.1 Å². The molecule has 2 aromatic carbocycles. The topological polar surface area (TPSA) is 70.9 Å². The maximum absolute atomic E-state index is 13.4. The summed E-state index contributed by atoms with van der Waals surface area (Å²) in [7, 11) is 0. The van der Waals surface area contributed by atoms with Crippen LogP contribution in [0.4, 0.5) is 20.6 Å². The summed E-state index contributed by atoms with van der Waals surface area (Å²) < 4.78 is 21.1. The van der Waals surface area contributed by atoms with Crippen molar-refractivity contribution in [1.82, 2.24) is 15.2 Å². The van der Waals surface area contributed by atoms with Crippen LogP contribution in [0.2, 0.25) is 0 Å². The Kier molecular flexibility index (Phi) is 9.52. The molecule has 192 valence electrons. The molecule has 7 nitrogen and oxygen atoms in total. The molecule has 0 aliphatic carbocycles. The second-order valence-corrected chi connectivity index (χ2v) is 9.47. The molecule has 9 heteroatoms. The lowest BCUT2D eigenvalue weighted by Crippen LogP contribution is -2.36. The highest BCUT2D eigenvalue weighted by Crippen LogP contribution is 2.25. The van der Waals surface area contributed by atoms with Gasteiger partial charge in [-0.3, -0.25) is 0 Å². The van der Waals surface area contributed by atoms with Gasteiger partial charge in [-0.05, 0) is 68.1 Å². The lowest BCUT2D eigenvalue weighted by atomic mass is 10.1. The number of hydrogen-bond acceptors (Lipinski definition) is 5. The molecule has 1 saturated heterocycles. The number of hydrogen-bond donors (Lipinski definition) is 2. The highest BCUT2D eigenvalue weighted by atomic mass is 32.1. The van der Waals surface area contributed by atoms with Gasteiger partial charge in [0.15, 0.2) is 4.80 Å². The summed E-state index contributed by atoms with van der Waals surface area (Å²) in [6.45, 7) is 7.34. The van der Waals surface area contributed by atoms with Crippen molar-refractivity contribution in [2.24, 2.45) is 4.99 Å². The summed E-state index contributed by atoms with van der Waals surface area (Å²) in [5.74, 6) is -0.268. The first-order chi connectivity index (χ1) is 17.6. The zero-order chi connectivity index (χ0) is 25.2. The molecule has 4 rings (SSSR count). The molecular weight excluding hydrogens is 477 g/mol. The van der Waals surface area contributed by atoms with Gasteiger partial charge in [0.05, 0.1) is 24.6 Å². The molecule has 1 aliphatic heterocycles. The van der Waals surface area contributed by atoms with Gasteiger partial charge in [0.25, 0.3) is 0 Å². The van der Waals surface area contributed by atoms with Crippen molar-refractivity contribution >= 4 is 28.7 Å². The zero-order valence-corrected chi connectivity index (χ0v) is 21.5. The number of carbonyl (C=O) groups excluding carboxylic acids is 1. The molecule has 2 heterocycles. The minimum Gasteiger partial charge on any atom is -0.378 e. The maximum Gasteiger partial charge on any atom is 0.314 e. The minimum absolute atomic E-state index is 0.118. The first kappa shape index (κ1) is 25.9. The van der Waals surface area contributed by atoms with E-state index in [2.05, 4.69) is 49.7 Å². The predicted octanol–water partition coefficient (Wildman–Crippen LogP) is 4.91. The van der Waals surface area contributed by atoms with Crippen molar-refractivity contribution in [3.8, 4) is 11.3 Å². The number of carbonyl (C=O) groups is 1. The molecule has 0 unspecified atom stereocenters. The lowest BCUT2D eigenvalue weighted by Gasteiger charge is -2.28. The molecule has 0 atom stereocenters. The fourth-order valence-electron chi connectivity index (χ4n) is 4.15. The van der Waals surface area contributed by atoms with E-state index in [4.69, 9.17) is 9.73 Å². The number of thiazole rings is 1. The van der Waals surface area contributed by atoms with Gasteiger partial charge in [0, 0.05) is 43.8 Å². The number of benzene rings is 2. The fraction of sp³-hybridized carbons (Fsp3) is 0.407. The van der Waals surface area contributed by atoms with Crippen LogP contribution < -0.4 is 20.3 Å². The third-order valence-electron chi connectivity index (χ3n) is 6.07. The summed E-state index contributed by atoms with van der Waals surface area (Å²) in [6, 6.07) is 14.8. The van der Waals surface area contributed by atoms with E-state index in [0.717, 1.165) is 73.9 Å². The molecule has 1 fully saturated rings. The van der Waals surface area contributed by atoms with E-state index < -0.39 is 0 Å². The Balaban J connectivity index is 1.49. The molecule has 0 radical (unpaired) electrons. The SMILES string of the molecule is CCNC(=O)NCCCCCn1c(-c2ccc(N3CCOCC3)cc2)cs/c1=N\c1ccc(F)cc1. The van der Waals surface area contributed by atoms with Crippen LogP contribution in [0.1, 0.15) is 26.2 Å². The van der Waals surface area contributed by atoms with Crippen LogP contribution in [0.5, 0.6) is 0 Å². The normalized spacial score (nSPS) is 14.2. The molecule has 36 heavy (non-hydrogen) atoms. The maximum atomic E-state index is 13.4. The number of rotatable bonds is 10. The van der Waals surface area contributed by atoms with E-state index in [0.29, 0.717) is 13.1 Å². The number of nitrogens with one attached hydrogen (secondary N) is 2. The number of unbranched alkanes of at least 4 members (excludes halogenated alkanes) is 2. The van der Waals surface area contributed by atoms with Crippen LogP contribution in [-0.4, -0.2) is 50.0 Å². The Bertz CT molecular complexity index is 1170. The molecule has 0 spiro atoms. The van der Waals surface area contributed by atoms with Crippen molar-refractivity contribution in [2.45, 2.75) is 32.7 Å². The van der Waals surface area contributed by atoms with E-state index in [1.165, 1.54) is 17.8 Å². The number of urea groups is 1. The van der Waals surface area contributed by atoms with Crippen molar-refractivity contribution in [3.05, 3.63) is 64.5 Å². The van der Waals surface area contributed by atoms with Gasteiger partial charge in [0.2, 0.25) is 0 Å². The molecule has 1 aliphatic rings. The standard InChI is InChI=1S/C27H34FN5O2S/c1-2-29-26(34)30-14-4-3-5-15-33-25(20-36-27(33)31-23-10-8-22(28)9-11-23)21-6-12-24(13-7-21)32-16-18-35-19-17-32/h6-13,20H,2-5,14-19H2,1H3,(H2,29,30,34)/b31-27-. The van der Waals surface area contributed by atoms with Crippen molar-refractivity contribution < 1.29 is 13.9 Å². The van der Waals surface area contributed by atoms with E-state index in [1.54, 1.807) is 23.5 Å². The number of morpholine rings is 1. The van der Waals surface area contributed by atoms with Crippen molar-refractivity contribution in [2.75, 3.05) is 44.3 Å². The first-order valence-electron chi connectivity index (χ1n) is 12.6. The highest BCUT2D eigenvalue weighted by molar-refractivity contribution is 7.07. The van der Waals surface area contributed by atoms with Gasteiger partial charge in [-0.25, -0.2) is 14.2 Å². The summed E-state index contributed by atoms with van der Waals surface area (Å²) in [4.78, 5) is 19.6. The van der Waals surface area contributed by atoms with Crippen LogP contribution in [0.3, 0.4) is 0 Å². The van der Waals surface area contributed by atoms with E-state index in [1.807, 2.05) is 6.92 Å². The Morgan fingerprint density at radius 2 is 1.78 bits per heavy atom. The van der Waals surface area contributed by atoms with Gasteiger partial charge >= 0.3 is 6.03 Å². The summed E-state index contributed by atoms with van der Waals surface area (Å²) in [6.07, 6.45) is 2.86. The number of amides is 2. The van der Waals surface area contributed by atoms with E-state index >= 15 is 0 Å². The monoisotopic (exact) mass is 511 g/mol. The van der Waals surface area contributed by atoms with Crippen molar-refractivity contribution in [3.63, 3.8) is 0 Å². The van der Waals surface area contributed by atoms with Crippen LogP contribution in [-0.2, 0) is 11.3 Å². The van der Waals surface area contributed by atoms with Crippen LogP contribution in [0.15, 0.2) is 58.9 Å². The Labute approximate surface area is 215 Å². The number of halogens is 1. The number of nitrogens with zero attached hydrogens (tertiary/aromatic N) is 3. The highest BCUT2D eigenvalue weighted by Gasteiger charge is 2.13. The quantitative estimate of drug-likeness (QED) is 0.380. The third-order valence-corrected chi connectivity index (χ3v) is 6.93. The Hall–Kier alpha value is -3.17. The molecule has 0 bridgehead atoms. The van der Waals surface area contributed by atoms with Gasteiger partial charge in [0.1, 0.15) is 5.82 Å². The van der Waals surface area contributed by atoms with Gasteiger partial charge < -0.3 is 24.8 Å². The summed E-state index contributed by atoms with van der Waals surface area (Å²) in [5.41, 5.74) is 4.20. The number of anilines is 1. The third kappa shape index (κ3) is 7.18. The average molecular weight is 512 g/mol. The van der Waals surface area contributed by atoms with Gasteiger partial charge in [-0.15, -0.1) is 11.3 Å². The van der Waals surface area contributed by atoms with Crippen LogP contribution in [0, 0.1) is 5.82 Å². The van der Waals surface area contributed by atoms with Gasteiger partial charge in [-0.2, -0.15) is 0 Å². The van der Waals surface area contributed by atoms with Crippen LogP contribution >= 0.6 is 11.3 Å². The molecule has 2 N–H and O–H groups in total.